The quantitative estimate of drug-likeness (QED) is 0.470. The van der Waals surface area contributed by atoms with Crippen molar-refractivity contribution in [3.05, 3.63) is 58.3 Å². The molecule has 0 aliphatic heterocycles. The summed E-state index contributed by atoms with van der Waals surface area (Å²) >= 11 is 0. The average molecular weight is 224 g/mol. The Morgan fingerprint density at radius 3 is 2.53 bits per heavy atom. The number of benzene rings is 2. The number of aryl methyl sites for hydroxylation is 1. The minimum atomic E-state index is 0.0426. The van der Waals surface area contributed by atoms with Crippen LogP contribution >= 0.6 is 0 Å². The molecule has 2 aromatic carbocycles. The molecule has 17 heavy (non-hydrogen) atoms. The molecule has 0 atom stereocenters. The smallest absolute Gasteiger partial charge is 0.197 e. The molecule has 2 N–H and O–H groups in total. The van der Waals surface area contributed by atoms with Crippen molar-refractivity contribution in [3.63, 3.8) is 0 Å². The van der Waals surface area contributed by atoms with E-state index in [9.17, 15) is 4.79 Å². The Kier molecular flexibility index (Phi) is 1.95. The molecule has 0 saturated carbocycles. The van der Waals surface area contributed by atoms with Gasteiger partial charge >= 0.3 is 0 Å². The zero-order chi connectivity index (χ0) is 12.0. The van der Waals surface area contributed by atoms with Crippen LogP contribution in [0, 0.1) is 6.92 Å². The fourth-order valence-electron chi connectivity index (χ4n) is 2.19. The second-order valence-corrected chi connectivity index (χ2v) is 4.24. The van der Waals surface area contributed by atoms with E-state index in [-0.39, 0.29) is 5.43 Å². The molecule has 84 valence electrons. The van der Waals surface area contributed by atoms with Crippen LogP contribution < -0.4 is 11.3 Å². The number of pyridine rings is 1. The number of nitrogen functional groups attached to an aromatic ring is 1. The highest BCUT2D eigenvalue weighted by Gasteiger charge is 2.08. The number of hydrogen-bond donors (Lipinski definition) is 1. The van der Waals surface area contributed by atoms with E-state index in [2.05, 4.69) is 0 Å². The minimum absolute atomic E-state index is 0.0426. The zero-order valence-corrected chi connectivity index (χ0v) is 9.47. The van der Waals surface area contributed by atoms with Crippen LogP contribution in [-0.2, 0) is 0 Å². The largest absolute Gasteiger partial charge is 0.339 e. The molecule has 0 bridgehead atoms. The molecule has 1 heterocycles. The van der Waals surface area contributed by atoms with Gasteiger partial charge in [-0.05, 0) is 31.2 Å². The first-order chi connectivity index (χ1) is 8.18. The molecule has 0 spiro atoms. The Hall–Kier alpha value is -2.29. The summed E-state index contributed by atoms with van der Waals surface area (Å²) in [5.41, 5.74) is 2.62. The molecule has 3 nitrogen and oxygen atoms in total. The highest BCUT2D eigenvalue weighted by atomic mass is 16.1. The lowest BCUT2D eigenvalue weighted by atomic mass is 10.1. The number of nitrogens with two attached hydrogens (primary N) is 1. The molecule has 0 saturated heterocycles. The fourth-order valence-corrected chi connectivity index (χ4v) is 2.19. The first-order valence-corrected chi connectivity index (χ1v) is 5.47. The Morgan fingerprint density at radius 1 is 1.00 bits per heavy atom. The molecule has 0 aliphatic rings. The summed E-state index contributed by atoms with van der Waals surface area (Å²) < 4.78 is 1.57. The molecular weight excluding hydrogens is 212 g/mol. The number of hydrogen-bond acceptors (Lipinski definition) is 2. The van der Waals surface area contributed by atoms with Crippen molar-refractivity contribution >= 4 is 21.8 Å². The third kappa shape index (κ3) is 1.32. The summed E-state index contributed by atoms with van der Waals surface area (Å²) in [6.07, 6.45) is 0. The minimum Gasteiger partial charge on any atom is -0.339 e. The zero-order valence-electron chi connectivity index (χ0n) is 9.47. The normalized spacial score (nSPS) is 11.1. The van der Waals surface area contributed by atoms with Gasteiger partial charge in [-0.25, -0.2) is 0 Å². The van der Waals surface area contributed by atoms with Gasteiger partial charge in [-0.3, -0.25) is 9.47 Å². The molecule has 0 fully saturated rings. The topological polar surface area (TPSA) is 48.0 Å². The van der Waals surface area contributed by atoms with Crippen LogP contribution in [0.1, 0.15) is 5.56 Å². The van der Waals surface area contributed by atoms with Gasteiger partial charge in [-0.2, -0.15) is 0 Å². The summed E-state index contributed by atoms with van der Waals surface area (Å²) in [5, 5.41) is 1.33. The van der Waals surface area contributed by atoms with E-state index in [0.717, 1.165) is 16.6 Å². The predicted molar refractivity (Wildman–Crippen MR) is 70.6 cm³/mol. The molecule has 3 aromatic rings. The third-order valence-corrected chi connectivity index (χ3v) is 3.06. The number of para-hydroxylation sites is 1. The molecule has 0 amide bonds. The van der Waals surface area contributed by atoms with E-state index >= 15 is 0 Å². The Labute approximate surface area is 98.1 Å². The van der Waals surface area contributed by atoms with E-state index < -0.39 is 0 Å². The highest BCUT2D eigenvalue weighted by molar-refractivity contribution is 5.93. The van der Waals surface area contributed by atoms with E-state index in [1.54, 1.807) is 4.68 Å². The van der Waals surface area contributed by atoms with Crippen LogP contribution in [0.3, 0.4) is 0 Å². The summed E-state index contributed by atoms with van der Waals surface area (Å²) in [6, 6.07) is 13.1. The molecule has 0 aliphatic carbocycles. The Morgan fingerprint density at radius 2 is 1.71 bits per heavy atom. The predicted octanol–water partition coefficient (Wildman–Crippen LogP) is 2.18. The standard InChI is InChI=1S/C14H12N2O/c1-9-6-7-13-11(8-9)14(17)10-4-2-3-5-12(10)16(13)15/h2-8H,15H2,1H3. The summed E-state index contributed by atoms with van der Waals surface area (Å²) in [6.45, 7) is 1.97. The molecule has 3 rings (SSSR count). The summed E-state index contributed by atoms with van der Waals surface area (Å²) in [7, 11) is 0. The van der Waals surface area contributed by atoms with Gasteiger partial charge in [0.05, 0.1) is 11.0 Å². The van der Waals surface area contributed by atoms with Gasteiger partial charge in [0.1, 0.15) is 0 Å². The second-order valence-electron chi connectivity index (χ2n) is 4.24. The van der Waals surface area contributed by atoms with Crippen molar-refractivity contribution in [3.8, 4) is 0 Å². The van der Waals surface area contributed by atoms with Gasteiger partial charge in [-0.15, -0.1) is 0 Å². The number of fused-ring (bicyclic) bond motifs is 2. The average Bonchev–Trinajstić information content (AvgIpc) is 2.36. The van der Waals surface area contributed by atoms with E-state index in [1.807, 2.05) is 49.4 Å². The van der Waals surface area contributed by atoms with Crippen LogP contribution in [0.4, 0.5) is 0 Å². The number of aromatic nitrogens is 1. The van der Waals surface area contributed by atoms with Crippen LogP contribution in [0.15, 0.2) is 47.3 Å². The first-order valence-electron chi connectivity index (χ1n) is 5.47. The number of nitrogens with zero attached hydrogens (tertiary/aromatic N) is 1. The lowest BCUT2D eigenvalue weighted by Gasteiger charge is -2.10. The molecule has 1 aromatic heterocycles. The Balaban J connectivity index is 2.68. The maximum Gasteiger partial charge on any atom is 0.197 e. The van der Waals surface area contributed by atoms with Crippen LogP contribution in [0.2, 0.25) is 0 Å². The first kappa shape index (κ1) is 9.90. The van der Waals surface area contributed by atoms with Crippen LogP contribution in [0.5, 0.6) is 0 Å². The lowest BCUT2D eigenvalue weighted by molar-refractivity contribution is 1.10. The van der Waals surface area contributed by atoms with Gasteiger partial charge in [0.2, 0.25) is 0 Å². The van der Waals surface area contributed by atoms with Crippen molar-refractivity contribution < 1.29 is 0 Å². The van der Waals surface area contributed by atoms with Gasteiger partial charge in [0.15, 0.2) is 5.43 Å². The maximum atomic E-state index is 12.3. The summed E-state index contributed by atoms with van der Waals surface area (Å²) in [5.74, 6) is 6.05. The van der Waals surface area contributed by atoms with Gasteiger partial charge in [0, 0.05) is 10.8 Å². The van der Waals surface area contributed by atoms with Crippen LogP contribution in [-0.4, -0.2) is 4.68 Å². The lowest BCUT2D eigenvalue weighted by Crippen LogP contribution is -2.17. The van der Waals surface area contributed by atoms with Gasteiger partial charge < -0.3 is 5.84 Å². The van der Waals surface area contributed by atoms with Crippen molar-refractivity contribution in [1.82, 2.24) is 4.68 Å². The van der Waals surface area contributed by atoms with Crippen LogP contribution in [0.25, 0.3) is 21.8 Å². The van der Waals surface area contributed by atoms with E-state index in [4.69, 9.17) is 5.84 Å². The monoisotopic (exact) mass is 224 g/mol. The molecule has 3 heteroatoms. The SMILES string of the molecule is Cc1ccc2c(c1)c(=O)c1ccccc1n2N. The van der Waals surface area contributed by atoms with E-state index in [0.29, 0.717) is 10.8 Å². The van der Waals surface area contributed by atoms with Crippen molar-refractivity contribution in [2.75, 3.05) is 5.84 Å². The molecule has 0 radical (unpaired) electrons. The maximum absolute atomic E-state index is 12.3. The molecular formula is C14H12N2O. The van der Waals surface area contributed by atoms with Gasteiger partial charge in [0.25, 0.3) is 0 Å². The number of rotatable bonds is 0. The fraction of sp³-hybridized carbons (Fsp3) is 0.0714. The Bertz CT molecular complexity index is 787. The summed E-state index contributed by atoms with van der Waals surface area (Å²) in [4.78, 5) is 12.3. The van der Waals surface area contributed by atoms with Crippen molar-refractivity contribution in [1.29, 1.82) is 0 Å². The molecule has 0 unspecified atom stereocenters. The van der Waals surface area contributed by atoms with Crippen molar-refractivity contribution in [2.45, 2.75) is 6.92 Å². The van der Waals surface area contributed by atoms with E-state index in [1.165, 1.54) is 0 Å². The van der Waals surface area contributed by atoms with Gasteiger partial charge in [-0.1, -0.05) is 23.8 Å². The third-order valence-electron chi connectivity index (χ3n) is 3.06. The van der Waals surface area contributed by atoms with Crippen molar-refractivity contribution in [2.24, 2.45) is 0 Å². The second kappa shape index (κ2) is 3.35. The highest BCUT2D eigenvalue weighted by Crippen LogP contribution is 2.17.